The number of aryl methyl sites for hydroxylation is 2. The van der Waals surface area contributed by atoms with Crippen LogP contribution in [0.2, 0.25) is 0 Å². The lowest BCUT2D eigenvalue weighted by atomic mass is 10.1. The molecule has 3 amide bonds. The minimum Gasteiger partial charge on any atom is -0.456 e. The smallest absolute Gasteiger partial charge is 0.291 e. The standard InChI is InChI=1S/C32H39N5O4/c1-23-8-3-4-9-27(23)35-18-7-19-36(21-20-35)28-13-12-25(22-26(28)34-32(40)29-14-11-24(2)41-29)31(39)33-15-6-17-37-16-5-10-30(37)38/h3-4,8-9,11-14,22H,5-7,10,15-21H2,1-2H3,(H,33,39)(H,34,40). The number of para-hydroxylation sites is 1. The highest BCUT2D eigenvalue weighted by Crippen LogP contribution is 2.30. The first-order valence-electron chi connectivity index (χ1n) is 14.5. The lowest BCUT2D eigenvalue weighted by molar-refractivity contribution is -0.127. The number of nitrogens with zero attached hydrogens (tertiary/aromatic N) is 3. The molecule has 0 unspecified atom stereocenters. The Labute approximate surface area is 241 Å². The molecule has 3 heterocycles. The SMILES string of the molecule is Cc1ccc(C(=O)Nc2cc(C(=O)NCCCN3CCCC3=O)ccc2N2CCCN(c3ccccc3C)CC2)o1. The maximum Gasteiger partial charge on any atom is 0.291 e. The number of benzene rings is 2. The Bertz CT molecular complexity index is 1400. The molecule has 2 N–H and O–H groups in total. The van der Waals surface area contributed by atoms with Gasteiger partial charge in [-0.25, -0.2) is 0 Å². The van der Waals surface area contributed by atoms with E-state index in [-0.39, 0.29) is 23.5 Å². The maximum atomic E-state index is 13.1. The van der Waals surface area contributed by atoms with Crippen LogP contribution >= 0.6 is 0 Å². The first-order valence-corrected chi connectivity index (χ1v) is 14.5. The van der Waals surface area contributed by atoms with Crippen LogP contribution < -0.4 is 20.4 Å². The molecule has 1 aromatic heterocycles. The average molecular weight is 558 g/mol. The van der Waals surface area contributed by atoms with Gasteiger partial charge in [0.2, 0.25) is 5.91 Å². The molecule has 2 aliphatic rings. The second kappa shape index (κ2) is 12.9. The van der Waals surface area contributed by atoms with Gasteiger partial charge in [-0.15, -0.1) is 0 Å². The van der Waals surface area contributed by atoms with E-state index in [2.05, 4.69) is 51.6 Å². The Kier molecular flexibility index (Phi) is 8.91. The van der Waals surface area contributed by atoms with Crippen LogP contribution in [-0.2, 0) is 4.79 Å². The van der Waals surface area contributed by atoms with E-state index in [0.29, 0.717) is 42.9 Å². The number of amides is 3. The van der Waals surface area contributed by atoms with Gasteiger partial charge in [-0.3, -0.25) is 14.4 Å². The highest BCUT2D eigenvalue weighted by Gasteiger charge is 2.22. The molecule has 2 fully saturated rings. The Morgan fingerprint density at radius 3 is 2.34 bits per heavy atom. The van der Waals surface area contributed by atoms with E-state index in [0.717, 1.165) is 51.3 Å². The van der Waals surface area contributed by atoms with Crippen molar-refractivity contribution in [1.82, 2.24) is 10.2 Å². The number of likely N-dealkylation sites (tertiary alicyclic amines) is 1. The lowest BCUT2D eigenvalue weighted by Gasteiger charge is -2.27. The largest absolute Gasteiger partial charge is 0.456 e. The average Bonchev–Trinajstić information content (AvgIpc) is 3.51. The van der Waals surface area contributed by atoms with Gasteiger partial charge in [0.25, 0.3) is 11.8 Å². The molecule has 9 heteroatoms. The molecule has 9 nitrogen and oxygen atoms in total. The Morgan fingerprint density at radius 1 is 0.854 bits per heavy atom. The molecule has 0 atom stereocenters. The molecular weight excluding hydrogens is 518 g/mol. The van der Waals surface area contributed by atoms with Gasteiger partial charge in [-0.2, -0.15) is 0 Å². The fourth-order valence-electron chi connectivity index (χ4n) is 5.63. The Balaban J connectivity index is 1.30. The third-order valence-electron chi connectivity index (χ3n) is 7.83. The normalized spacial score (nSPS) is 15.7. The fourth-order valence-corrected chi connectivity index (χ4v) is 5.63. The number of rotatable bonds is 9. The van der Waals surface area contributed by atoms with Crippen molar-refractivity contribution in [2.75, 3.05) is 60.9 Å². The summed E-state index contributed by atoms with van der Waals surface area (Å²) in [5.74, 6) is 0.498. The van der Waals surface area contributed by atoms with Crippen LogP contribution in [0.25, 0.3) is 0 Å². The van der Waals surface area contributed by atoms with Crippen LogP contribution in [0.5, 0.6) is 0 Å². The minimum absolute atomic E-state index is 0.189. The van der Waals surface area contributed by atoms with E-state index in [1.165, 1.54) is 11.3 Å². The van der Waals surface area contributed by atoms with Crippen LogP contribution in [0.15, 0.2) is 59.0 Å². The molecule has 3 aromatic rings. The van der Waals surface area contributed by atoms with Crippen molar-refractivity contribution in [3.8, 4) is 0 Å². The highest BCUT2D eigenvalue weighted by molar-refractivity contribution is 6.05. The van der Waals surface area contributed by atoms with Gasteiger partial charge in [0.15, 0.2) is 5.76 Å². The van der Waals surface area contributed by atoms with Gasteiger partial charge >= 0.3 is 0 Å². The van der Waals surface area contributed by atoms with Gasteiger partial charge in [-0.05, 0) is 75.1 Å². The van der Waals surface area contributed by atoms with Crippen LogP contribution in [0, 0.1) is 13.8 Å². The van der Waals surface area contributed by atoms with Crippen LogP contribution in [-0.4, -0.2) is 68.4 Å². The number of hydrogen-bond acceptors (Lipinski definition) is 6. The summed E-state index contributed by atoms with van der Waals surface area (Å²) in [6.45, 7) is 9.24. The number of anilines is 3. The predicted molar refractivity (Wildman–Crippen MR) is 161 cm³/mol. The van der Waals surface area contributed by atoms with E-state index in [1.54, 1.807) is 25.1 Å². The third kappa shape index (κ3) is 6.90. The minimum atomic E-state index is -0.358. The summed E-state index contributed by atoms with van der Waals surface area (Å²) in [6.07, 6.45) is 3.18. The molecule has 0 aliphatic carbocycles. The zero-order valence-corrected chi connectivity index (χ0v) is 23.9. The molecule has 0 bridgehead atoms. The van der Waals surface area contributed by atoms with Gasteiger partial charge in [0, 0.05) is 63.5 Å². The second-order valence-corrected chi connectivity index (χ2v) is 10.8. The van der Waals surface area contributed by atoms with E-state index < -0.39 is 0 Å². The van der Waals surface area contributed by atoms with Crippen LogP contribution in [0.1, 0.15) is 57.9 Å². The van der Waals surface area contributed by atoms with Gasteiger partial charge in [-0.1, -0.05) is 18.2 Å². The molecule has 41 heavy (non-hydrogen) atoms. The first-order chi connectivity index (χ1) is 19.9. The van der Waals surface area contributed by atoms with Crippen molar-refractivity contribution >= 4 is 34.8 Å². The number of nitrogens with one attached hydrogen (secondary N) is 2. The first kappa shape index (κ1) is 28.3. The predicted octanol–water partition coefficient (Wildman–Crippen LogP) is 4.61. The van der Waals surface area contributed by atoms with Crippen molar-refractivity contribution in [3.63, 3.8) is 0 Å². The van der Waals surface area contributed by atoms with Crippen molar-refractivity contribution in [2.45, 2.75) is 39.5 Å². The highest BCUT2D eigenvalue weighted by atomic mass is 16.3. The summed E-state index contributed by atoms with van der Waals surface area (Å²) in [5.41, 5.74) is 4.41. The zero-order valence-electron chi connectivity index (χ0n) is 23.9. The summed E-state index contributed by atoms with van der Waals surface area (Å²) < 4.78 is 5.55. The molecule has 0 saturated carbocycles. The third-order valence-corrected chi connectivity index (χ3v) is 7.83. The summed E-state index contributed by atoms with van der Waals surface area (Å²) >= 11 is 0. The quantitative estimate of drug-likeness (QED) is 0.373. The van der Waals surface area contributed by atoms with E-state index >= 15 is 0 Å². The van der Waals surface area contributed by atoms with Crippen molar-refractivity contribution in [2.24, 2.45) is 0 Å². The van der Waals surface area contributed by atoms with Crippen LogP contribution in [0.3, 0.4) is 0 Å². The second-order valence-electron chi connectivity index (χ2n) is 10.8. The van der Waals surface area contributed by atoms with Gasteiger partial charge in [0.05, 0.1) is 11.4 Å². The molecule has 5 rings (SSSR count). The van der Waals surface area contributed by atoms with Crippen molar-refractivity contribution in [3.05, 3.63) is 77.2 Å². The zero-order chi connectivity index (χ0) is 28.8. The monoisotopic (exact) mass is 557 g/mol. The molecule has 0 radical (unpaired) electrons. The molecule has 2 aliphatic heterocycles. The van der Waals surface area contributed by atoms with E-state index in [4.69, 9.17) is 4.42 Å². The lowest BCUT2D eigenvalue weighted by Crippen LogP contribution is -2.32. The maximum absolute atomic E-state index is 13.1. The molecule has 2 saturated heterocycles. The summed E-state index contributed by atoms with van der Waals surface area (Å²) in [5, 5.41) is 5.97. The number of hydrogen-bond donors (Lipinski definition) is 2. The van der Waals surface area contributed by atoms with Crippen molar-refractivity contribution < 1.29 is 18.8 Å². The van der Waals surface area contributed by atoms with Crippen LogP contribution in [0.4, 0.5) is 17.1 Å². The van der Waals surface area contributed by atoms with Gasteiger partial charge in [0.1, 0.15) is 5.76 Å². The van der Waals surface area contributed by atoms with Gasteiger partial charge < -0.3 is 29.8 Å². The fraction of sp³-hybridized carbons (Fsp3) is 0.406. The molecule has 216 valence electrons. The number of furan rings is 1. The summed E-state index contributed by atoms with van der Waals surface area (Å²) in [6, 6.07) is 17.3. The number of carbonyl (C=O) groups is 3. The molecular formula is C32H39N5O4. The summed E-state index contributed by atoms with van der Waals surface area (Å²) in [7, 11) is 0. The van der Waals surface area contributed by atoms with E-state index in [9.17, 15) is 14.4 Å². The number of carbonyl (C=O) groups excluding carboxylic acids is 3. The Hall–Kier alpha value is -4.27. The van der Waals surface area contributed by atoms with Crippen molar-refractivity contribution in [1.29, 1.82) is 0 Å². The van der Waals surface area contributed by atoms with E-state index in [1.807, 2.05) is 17.0 Å². The summed E-state index contributed by atoms with van der Waals surface area (Å²) in [4.78, 5) is 44.5. The topological polar surface area (TPSA) is 98.1 Å². The Morgan fingerprint density at radius 2 is 1.63 bits per heavy atom. The molecule has 2 aromatic carbocycles. The molecule has 0 spiro atoms.